The lowest BCUT2D eigenvalue weighted by atomic mass is 10.2. The predicted octanol–water partition coefficient (Wildman–Crippen LogP) is 2.37. The molecule has 0 radical (unpaired) electrons. The standard InChI is InChI=1S/C14H13NO4S2/c1-15-13(18)11(21-14(15)20)8-9-3-2-4-10(7-9)19-6-5-12(16)17/h2-4,7-8H,5-6H2,1H3,(H,16,17)/b11-8+. The smallest absolute Gasteiger partial charge is 0.306 e. The summed E-state index contributed by atoms with van der Waals surface area (Å²) in [6.45, 7) is 0.107. The Kier molecular flexibility index (Phi) is 4.98. The van der Waals surface area contributed by atoms with Crippen LogP contribution in [0.5, 0.6) is 5.75 Å². The van der Waals surface area contributed by atoms with Crippen molar-refractivity contribution >= 4 is 46.3 Å². The van der Waals surface area contributed by atoms with E-state index in [0.717, 1.165) is 5.56 Å². The summed E-state index contributed by atoms with van der Waals surface area (Å²) in [5.41, 5.74) is 0.803. The van der Waals surface area contributed by atoms with Gasteiger partial charge in [0, 0.05) is 7.05 Å². The lowest BCUT2D eigenvalue weighted by Crippen LogP contribution is -2.22. The molecule has 1 N–H and O–H groups in total. The average molecular weight is 323 g/mol. The Labute approximate surface area is 131 Å². The molecule has 21 heavy (non-hydrogen) atoms. The van der Waals surface area contributed by atoms with Crippen LogP contribution in [0.25, 0.3) is 6.08 Å². The Bertz CT molecular complexity index is 627. The van der Waals surface area contributed by atoms with Crippen LogP contribution in [0.2, 0.25) is 0 Å². The van der Waals surface area contributed by atoms with Crippen molar-refractivity contribution in [2.45, 2.75) is 6.42 Å². The second-order valence-electron chi connectivity index (χ2n) is 4.31. The normalized spacial score (nSPS) is 16.6. The van der Waals surface area contributed by atoms with Crippen LogP contribution in [-0.4, -0.2) is 39.9 Å². The Morgan fingerprint density at radius 3 is 2.90 bits per heavy atom. The first-order chi connectivity index (χ1) is 9.97. The number of carbonyl (C=O) groups is 2. The van der Waals surface area contributed by atoms with Crippen LogP contribution < -0.4 is 4.74 Å². The minimum atomic E-state index is -0.905. The first-order valence-corrected chi connectivity index (χ1v) is 7.36. The van der Waals surface area contributed by atoms with Gasteiger partial charge in [-0.1, -0.05) is 36.1 Å². The summed E-state index contributed by atoms with van der Waals surface area (Å²) in [5.74, 6) is -0.461. The molecular formula is C14H13NO4S2. The molecule has 1 saturated heterocycles. The maximum absolute atomic E-state index is 11.9. The first kappa shape index (κ1) is 15.5. The van der Waals surface area contributed by atoms with Gasteiger partial charge in [-0.25, -0.2) is 0 Å². The highest BCUT2D eigenvalue weighted by Gasteiger charge is 2.28. The van der Waals surface area contributed by atoms with E-state index in [-0.39, 0.29) is 18.9 Å². The summed E-state index contributed by atoms with van der Waals surface area (Å²) in [7, 11) is 1.64. The van der Waals surface area contributed by atoms with Gasteiger partial charge < -0.3 is 9.84 Å². The number of carboxylic acid groups (broad SMARTS) is 1. The Balaban J connectivity index is 2.09. The summed E-state index contributed by atoms with van der Waals surface area (Å²) in [4.78, 5) is 24.3. The molecule has 1 fully saturated rings. The number of hydrogen-bond acceptors (Lipinski definition) is 5. The number of hydrogen-bond donors (Lipinski definition) is 1. The highest BCUT2D eigenvalue weighted by molar-refractivity contribution is 8.26. The van der Waals surface area contributed by atoms with Crippen LogP contribution >= 0.6 is 24.0 Å². The SMILES string of the molecule is CN1C(=O)/C(=C\c2cccc(OCCC(=O)O)c2)SC1=S. The number of amides is 1. The molecular weight excluding hydrogens is 310 g/mol. The molecule has 1 aliphatic rings. The predicted molar refractivity (Wildman–Crippen MR) is 85.1 cm³/mol. The van der Waals surface area contributed by atoms with E-state index in [1.807, 2.05) is 6.07 Å². The fourth-order valence-electron chi connectivity index (χ4n) is 1.65. The number of carbonyl (C=O) groups excluding carboxylic acids is 1. The zero-order valence-corrected chi connectivity index (χ0v) is 12.9. The number of thioether (sulfide) groups is 1. The van der Waals surface area contributed by atoms with Gasteiger partial charge in [0.25, 0.3) is 5.91 Å². The molecule has 0 bridgehead atoms. The van der Waals surface area contributed by atoms with E-state index in [1.165, 1.54) is 16.7 Å². The molecule has 2 rings (SSSR count). The number of ether oxygens (including phenoxy) is 1. The number of thiocarbonyl (C=S) groups is 1. The van der Waals surface area contributed by atoms with Gasteiger partial charge in [-0.3, -0.25) is 14.5 Å². The molecule has 0 aliphatic carbocycles. The van der Waals surface area contributed by atoms with Crippen molar-refractivity contribution in [3.8, 4) is 5.75 Å². The molecule has 0 atom stereocenters. The Morgan fingerprint density at radius 2 is 2.29 bits per heavy atom. The maximum atomic E-state index is 11.9. The molecule has 0 unspecified atom stereocenters. The van der Waals surface area contributed by atoms with Crippen molar-refractivity contribution in [3.05, 3.63) is 34.7 Å². The lowest BCUT2D eigenvalue weighted by molar-refractivity contribution is -0.137. The van der Waals surface area contributed by atoms with Crippen LogP contribution in [0, 0.1) is 0 Å². The van der Waals surface area contributed by atoms with E-state index < -0.39 is 5.97 Å². The summed E-state index contributed by atoms with van der Waals surface area (Å²) >= 11 is 6.32. The van der Waals surface area contributed by atoms with Crippen LogP contribution in [-0.2, 0) is 9.59 Å². The quantitative estimate of drug-likeness (QED) is 0.663. The molecule has 1 aliphatic heterocycles. The highest BCUT2D eigenvalue weighted by Crippen LogP contribution is 2.31. The number of likely N-dealkylation sites (N-methyl/N-ethyl adjacent to an activating group) is 1. The second kappa shape index (κ2) is 6.73. The highest BCUT2D eigenvalue weighted by atomic mass is 32.2. The van der Waals surface area contributed by atoms with Crippen molar-refractivity contribution in [3.63, 3.8) is 0 Å². The average Bonchev–Trinajstić information content (AvgIpc) is 2.66. The summed E-state index contributed by atoms with van der Waals surface area (Å²) in [6.07, 6.45) is 1.69. The van der Waals surface area contributed by atoms with Gasteiger partial charge in [0.15, 0.2) is 0 Å². The molecule has 110 valence electrons. The van der Waals surface area contributed by atoms with E-state index in [2.05, 4.69) is 0 Å². The summed E-state index contributed by atoms with van der Waals surface area (Å²) in [5, 5.41) is 8.57. The third-order valence-corrected chi connectivity index (χ3v) is 4.21. The van der Waals surface area contributed by atoms with Crippen LogP contribution in [0.1, 0.15) is 12.0 Å². The summed E-state index contributed by atoms with van der Waals surface area (Å²) in [6, 6.07) is 7.12. The number of aliphatic carboxylic acids is 1. The van der Waals surface area contributed by atoms with Crippen LogP contribution in [0.4, 0.5) is 0 Å². The lowest BCUT2D eigenvalue weighted by Gasteiger charge is -2.05. The molecule has 7 heteroatoms. The van der Waals surface area contributed by atoms with Crippen molar-refractivity contribution < 1.29 is 19.4 Å². The van der Waals surface area contributed by atoms with E-state index in [1.54, 1.807) is 31.3 Å². The van der Waals surface area contributed by atoms with E-state index in [4.69, 9.17) is 22.1 Å². The molecule has 1 amide bonds. The van der Waals surface area contributed by atoms with Crippen molar-refractivity contribution in [2.24, 2.45) is 0 Å². The fourth-order valence-corrected chi connectivity index (χ4v) is 2.83. The third kappa shape index (κ3) is 4.05. The Hall–Kier alpha value is -1.86. The van der Waals surface area contributed by atoms with E-state index in [9.17, 15) is 9.59 Å². The van der Waals surface area contributed by atoms with Gasteiger partial charge in [-0.15, -0.1) is 0 Å². The number of carboxylic acids is 1. The topological polar surface area (TPSA) is 66.8 Å². The summed E-state index contributed by atoms with van der Waals surface area (Å²) < 4.78 is 5.88. The van der Waals surface area contributed by atoms with Crippen LogP contribution in [0.3, 0.4) is 0 Å². The van der Waals surface area contributed by atoms with Gasteiger partial charge in [0.2, 0.25) is 0 Å². The molecule has 1 aromatic rings. The zero-order chi connectivity index (χ0) is 15.4. The van der Waals surface area contributed by atoms with Gasteiger partial charge in [0.1, 0.15) is 10.1 Å². The molecule has 5 nitrogen and oxygen atoms in total. The van der Waals surface area contributed by atoms with Gasteiger partial charge >= 0.3 is 5.97 Å². The minimum Gasteiger partial charge on any atom is -0.493 e. The molecule has 0 aromatic heterocycles. The van der Waals surface area contributed by atoms with Gasteiger partial charge in [-0.05, 0) is 23.8 Å². The van der Waals surface area contributed by atoms with E-state index in [0.29, 0.717) is 15.0 Å². The van der Waals surface area contributed by atoms with Gasteiger partial charge in [0.05, 0.1) is 17.9 Å². The monoisotopic (exact) mass is 323 g/mol. The second-order valence-corrected chi connectivity index (χ2v) is 5.98. The first-order valence-electron chi connectivity index (χ1n) is 6.13. The van der Waals surface area contributed by atoms with Crippen molar-refractivity contribution in [1.82, 2.24) is 4.90 Å². The van der Waals surface area contributed by atoms with Crippen LogP contribution in [0.15, 0.2) is 29.2 Å². The van der Waals surface area contributed by atoms with E-state index >= 15 is 0 Å². The van der Waals surface area contributed by atoms with Crippen molar-refractivity contribution in [1.29, 1.82) is 0 Å². The number of benzene rings is 1. The number of rotatable bonds is 5. The Morgan fingerprint density at radius 1 is 1.52 bits per heavy atom. The minimum absolute atomic E-state index is 0.0568. The molecule has 0 saturated carbocycles. The zero-order valence-electron chi connectivity index (χ0n) is 11.2. The number of nitrogens with zero attached hydrogens (tertiary/aromatic N) is 1. The maximum Gasteiger partial charge on any atom is 0.306 e. The third-order valence-electron chi connectivity index (χ3n) is 2.73. The molecule has 1 aromatic carbocycles. The fraction of sp³-hybridized carbons (Fsp3) is 0.214. The molecule has 0 spiro atoms. The largest absolute Gasteiger partial charge is 0.493 e. The van der Waals surface area contributed by atoms with Gasteiger partial charge in [-0.2, -0.15) is 0 Å². The van der Waals surface area contributed by atoms with Crippen molar-refractivity contribution in [2.75, 3.05) is 13.7 Å². The molecule has 1 heterocycles.